The highest BCUT2D eigenvalue weighted by Crippen LogP contribution is 2.16. The average Bonchev–Trinajstić information content (AvgIpc) is 2.60. The van der Waals surface area contributed by atoms with Crippen molar-refractivity contribution < 1.29 is 9.53 Å². The van der Waals surface area contributed by atoms with Gasteiger partial charge in [-0.25, -0.2) is 4.79 Å². The Morgan fingerprint density at radius 2 is 1.92 bits per heavy atom. The second-order valence-corrected chi connectivity index (χ2v) is 5.69. The van der Waals surface area contributed by atoms with E-state index in [1.807, 2.05) is 36.4 Å². The highest BCUT2D eigenvalue weighted by atomic mass is 16.5. The summed E-state index contributed by atoms with van der Waals surface area (Å²) in [6.07, 6.45) is 0.898. The van der Waals surface area contributed by atoms with Gasteiger partial charge in [-0.1, -0.05) is 36.4 Å². The maximum absolute atomic E-state index is 11.9. The van der Waals surface area contributed by atoms with Crippen molar-refractivity contribution in [2.75, 3.05) is 32.6 Å². The second kappa shape index (κ2) is 9.57. The number of nitrogens with one attached hydrogen (secondary N) is 2. The van der Waals surface area contributed by atoms with Crippen molar-refractivity contribution in [1.82, 2.24) is 10.2 Å². The van der Waals surface area contributed by atoms with Crippen LogP contribution < -0.4 is 15.4 Å². The van der Waals surface area contributed by atoms with E-state index >= 15 is 0 Å². The first-order valence-electron chi connectivity index (χ1n) is 8.09. The third kappa shape index (κ3) is 6.30. The summed E-state index contributed by atoms with van der Waals surface area (Å²) in [4.78, 5) is 14.1. The number of hydrogen-bond donors (Lipinski definition) is 2. The van der Waals surface area contributed by atoms with E-state index in [0.29, 0.717) is 12.2 Å². The molecule has 0 saturated heterocycles. The van der Waals surface area contributed by atoms with Gasteiger partial charge in [0.25, 0.3) is 0 Å². The van der Waals surface area contributed by atoms with Crippen molar-refractivity contribution >= 4 is 11.7 Å². The number of carbonyl (C=O) groups is 1. The number of rotatable bonds is 8. The minimum Gasteiger partial charge on any atom is -0.497 e. The summed E-state index contributed by atoms with van der Waals surface area (Å²) in [7, 11) is 3.69. The van der Waals surface area contributed by atoms with Crippen LogP contribution in [0, 0.1) is 0 Å². The highest BCUT2D eigenvalue weighted by molar-refractivity contribution is 5.89. The van der Waals surface area contributed by atoms with Gasteiger partial charge >= 0.3 is 6.03 Å². The molecule has 2 rings (SSSR count). The molecule has 2 aromatic rings. The van der Waals surface area contributed by atoms with Crippen LogP contribution in [0.1, 0.15) is 12.0 Å². The standard InChI is InChI=1S/C19H25N3O2/c1-22(15-16-8-4-3-5-9-16)13-7-12-20-19(23)21-17-10-6-11-18(14-17)24-2/h3-6,8-11,14H,7,12-13,15H2,1-2H3,(H2,20,21,23). The molecule has 0 unspecified atom stereocenters. The van der Waals surface area contributed by atoms with Crippen molar-refractivity contribution in [3.05, 3.63) is 60.2 Å². The van der Waals surface area contributed by atoms with Crippen LogP contribution in [0.25, 0.3) is 0 Å². The van der Waals surface area contributed by atoms with E-state index in [0.717, 1.165) is 25.3 Å². The number of nitrogens with zero attached hydrogens (tertiary/aromatic N) is 1. The summed E-state index contributed by atoms with van der Waals surface area (Å²) in [6.45, 7) is 2.47. The van der Waals surface area contributed by atoms with Gasteiger partial charge in [-0.05, 0) is 37.7 Å². The van der Waals surface area contributed by atoms with Gasteiger partial charge in [-0.15, -0.1) is 0 Å². The number of hydrogen-bond acceptors (Lipinski definition) is 3. The lowest BCUT2D eigenvalue weighted by Crippen LogP contribution is -2.31. The van der Waals surface area contributed by atoms with Crippen LogP contribution >= 0.6 is 0 Å². The van der Waals surface area contributed by atoms with Crippen LogP contribution in [-0.4, -0.2) is 38.2 Å². The highest BCUT2D eigenvalue weighted by Gasteiger charge is 2.03. The first kappa shape index (κ1) is 17.8. The van der Waals surface area contributed by atoms with Crippen molar-refractivity contribution in [3.8, 4) is 5.75 Å². The monoisotopic (exact) mass is 327 g/mol. The molecule has 0 aliphatic carbocycles. The topological polar surface area (TPSA) is 53.6 Å². The largest absolute Gasteiger partial charge is 0.497 e. The molecule has 0 aromatic heterocycles. The maximum atomic E-state index is 11.9. The van der Waals surface area contributed by atoms with Gasteiger partial charge < -0.3 is 20.3 Å². The van der Waals surface area contributed by atoms with Crippen molar-refractivity contribution in [2.45, 2.75) is 13.0 Å². The van der Waals surface area contributed by atoms with Crippen LogP contribution in [0.2, 0.25) is 0 Å². The predicted molar refractivity (Wildman–Crippen MR) is 97.4 cm³/mol. The molecule has 2 amide bonds. The van der Waals surface area contributed by atoms with Gasteiger partial charge in [-0.3, -0.25) is 0 Å². The zero-order valence-corrected chi connectivity index (χ0v) is 14.3. The molecule has 0 aliphatic rings. The summed E-state index contributed by atoms with van der Waals surface area (Å²) in [6, 6.07) is 17.5. The number of amides is 2. The normalized spacial score (nSPS) is 10.5. The summed E-state index contributed by atoms with van der Waals surface area (Å²) in [5, 5.41) is 5.67. The minimum atomic E-state index is -0.200. The molecule has 0 heterocycles. The van der Waals surface area contributed by atoms with Gasteiger partial charge in [0.15, 0.2) is 0 Å². The number of anilines is 1. The Balaban J connectivity index is 1.63. The molecule has 5 nitrogen and oxygen atoms in total. The Kier molecular flexibility index (Phi) is 7.11. The van der Waals surface area contributed by atoms with E-state index in [4.69, 9.17) is 4.74 Å². The van der Waals surface area contributed by atoms with Crippen LogP contribution in [0.15, 0.2) is 54.6 Å². The molecule has 5 heteroatoms. The molecule has 0 fully saturated rings. The molecule has 0 radical (unpaired) electrons. The van der Waals surface area contributed by atoms with Crippen LogP contribution in [0.3, 0.4) is 0 Å². The van der Waals surface area contributed by atoms with Gasteiger partial charge in [-0.2, -0.15) is 0 Å². The van der Waals surface area contributed by atoms with Crippen LogP contribution in [0.5, 0.6) is 5.75 Å². The Hall–Kier alpha value is -2.53. The lowest BCUT2D eigenvalue weighted by molar-refractivity contribution is 0.250. The Bertz CT molecular complexity index is 632. The summed E-state index contributed by atoms with van der Waals surface area (Å²) in [5.74, 6) is 0.718. The van der Waals surface area contributed by atoms with E-state index < -0.39 is 0 Å². The molecule has 128 valence electrons. The fourth-order valence-corrected chi connectivity index (χ4v) is 2.40. The molecule has 24 heavy (non-hydrogen) atoms. The number of benzene rings is 2. The quantitative estimate of drug-likeness (QED) is 0.731. The molecular weight excluding hydrogens is 302 g/mol. The second-order valence-electron chi connectivity index (χ2n) is 5.69. The Labute approximate surface area is 143 Å². The first-order valence-corrected chi connectivity index (χ1v) is 8.09. The zero-order valence-electron chi connectivity index (χ0n) is 14.3. The fourth-order valence-electron chi connectivity index (χ4n) is 2.40. The molecule has 0 aliphatic heterocycles. The van der Waals surface area contributed by atoms with E-state index in [-0.39, 0.29) is 6.03 Å². The molecule has 0 saturated carbocycles. The van der Waals surface area contributed by atoms with Crippen LogP contribution in [-0.2, 0) is 6.54 Å². The third-order valence-electron chi connectivity index (χ3n) is 3.63. The molecule has 0 atom stereocenters. The van der Waals surface area contributed by atoms with Crippen molar-refractivity contribution in [2.24, 2.45) is 0 Å². The average molecular weight is 327 g/mol. The predicted octanol–water partition coefficient (Wildman–Crippen LogP) is 3.34. The molecular formula is C19H25N3O2. The third-order valence-corrected chi connectivity index (χ3v) is 3.63. The smallest absolute Gasteiger partial charge is 0.319 e. The number of ether oxygens (including phenoxy) is 1. The summed E-state index contributed by atoms with van der Waals surface area (Å²) in [5.41, 5.74) is 2.01. The summed E-state index contributed by atoms with van der Waals surface area (Å²) < 4.78 is 5.13. The fraction of sp³-hybridized carbons (Fsp3) is 0.316. The van der Waals surface area contributed by atoms with E-state index in [1.54, 1.807) is 13.2 Å². The molecule has 2 aromatic carbocycles. The lowest BCUT2D eigenvalue weighted by atomic mass is 10.2. The number of urea groups is 1. The SMILES string of the molecule is COc1cccc(NC(=O)NCCCN(C)Cc2ccccc2)c1. The molecule has 0 spiro atoms. The van der Waals surface area contributed by atoms with Gasteiger partial charge in [0.05, 0.1) is 7.11 Å². The number of methoxy groups -OCH3 is 1. The first-order chi connectivity index (χ1) is 11.7. The van der Waals surface area contributed by atoms with E-state index in [1.165, 1.54) is 5.56 Å². The van der Waals surface area contributed by atoms with E-state index in [9.17, 15) is 4.79 Å². The van der Waals surface area contributed by atoms with Crippen molar-refractivity contribution in [1.29, 1.82) is 0 Å². The van der Waals surface area contributed by atoms with E-state index in [2.05, 4.69) is 34.7 Å². The number of carbonyl (C=O) groups excluding carboxylic acids is 1. The van der Waals surface area contributed by atoms with Crippen molar-refractivity contribution in [3.63, 3.8) is 0 Å². The zero-order chi connectivity index (χ0) is 17.2. The maximum Gasteiger partial charge on any atom is 0.319 e. The van der Waals surface area contributed by atoms with Gasteiger partial charge in [0.2, 0.25) is 0 Å². The molecule has 0 bridgehead atoms. The molecule has 2 N–H and O–H groups in total. The van der Waals surface area contributed by atoms with Gasteiger partial charge in [0, 0.05) is 24.8 Å². The Morgan fingerprint density at radius 1 is 1.12 bits per heavy atom. The lowest BCUT2D eigenvalue weighted by Gasteiger charge is -2.16. The Morgan fingerprint density at radius 3 is 2.67 bits per heavy atom. The van der Waals surface area contributed by atoms with Crippen LogP contribution in [0.4, 0.5) is 10.5 Å². The minimum absolute atomic E-state index is 0.200. The summed E-state index contributed by atoms with van der Waals surface area (Å²) >= 11 is 0. The van der Waals surface area contributed by atoms with Gasteiger partial charge in [0.1, 0.15) is 5.75 Å².